The number of furan rings is 1. The van der Waals surface area contributed by atoms with E-state index in [1.807, 2.05) is 25.1 Å². The third kappa shape index (κ3) is 3.09. The van der Waals surface area contributed by atoms with Gasteiger partial charge in [0.25, 0.3) is 0 Å². The van der Waals surface area contributed by atoms with Crippen molar-refractivity contribution in [2.75, 3.05) is 19.1 Å². The number of fused-ring (bicyclic) bond motifs is 1. The minimum Gasteiger partial charge on any atom is -0.486 e. The highest BCUT2D eigenvalue weighted by molar-refractivity contribution is 9.10. The van der Waals surface area contributed by atoms with Crippen molar-refractivity contribution >= 4 is 27.7 Å². The summed E-state index contributed by atoms with van der Waals surface area (Å²) in [5.74, 6) is 9.66. The predicted molar refractivity (Wildman–Crippen MR) is 97.3 cm³/mol. The maximum absolute atomic E-state index is 6.15. The van der Waals surface area contributed by atoms with Crippen LogP contribution < -0.4 is 15.3 Å². The lowest BCUT2D eigenvalue weighted by Crippen LogP contribution is -2.15. The molecule has 0 unspecified atom stereocenters. The molecule has 0 amide bonds. The molecule has 3 aromatic rings. The van der Waals surface area contributed by atoms with Crippen molar-refractivity contribution in [2.24, 2.45) is 0 Å². The Morgan fingerprint density at radius 3 is 2.72 bits per heavy atom. The second kappa shape index (κ2) is 6.64. The zero-order chi connectivity index (χ0) is 17.4. The zero-order valence-corrected chi connectivity index (χ0v) is 15.8. The van der Waals surface area contributed by atoms with Gasteiger partial charge in [-0.25, -0.2) is 4.68 Å². The number of nitrogen functional groups attached to an aromatic ring is 1. The van der Waals surface area contributed by atoms with Crippen molar-refractivity contribution in [3.05, 3.63) is 40.3 Å². The molecule has 0 spiro atoms. The number of rotatable bonds is 4. The number of ether oxygens (including phenoxy) is 2. The molecule has 2 aromatic heterocycles. The molecule has 0 aliphatic carbocycles. The molecule has 0 saturated carbocycles. The predicted octanol–water partition coefficient (Wildman–Crippen LogP) is 3.39. The number of benzene rings is 1. The average molecular weight is 423 g/mol. The van der Waals surface area contributed by atoms with Gasteiger partial charge >= 0.3 is 0 Å². The van der Waals surface area contributed by atoms with E-state index in [0.717, 1.165) is 32.9 Å². The number of thioether (sulfide) groups is 1. The summed E-state index contributed by atoms with van der Waals surface area (Å²) in [5, 5.41) is 8.98. The third-order valence-electron chi connectivity index (χ3n) is 3.83. The van der Waals surface area contributed by atoms with Crippen molar-refractivity contribution < 1.29 is 13.9 Å². The molecule has 0 atom stereocenters. The zero-order valence-electron chi connectivity index (χ0n) is 13.4. The number of aryl methyl sites for hydroxylation is 1. The minimum atomic E-state index is 0.561. The van der Waals surface area contributed by atoms with Crippen LogP contribution in [0.5, 0.6) is 11.5 Å². The highest BCUT2D eigenvalue weighted by atomic mass is 79.9. The smallest absolute Gasteiger partial charge is 0.210 e. The second-order valence-corrected chi connectivity index (χ2v) is 7.24. The van der Waals surface area contributed by atoms with Gasteiger partial charge in [0.05, 0.1) is 11.8 Å². The fourth-order valence-corrected chi connectivity index (χ4v) is 4.03. The number of halogens is 1. The highest BCUT2D eigenvalue weighted by Gasteiger charge is 2.18. The Hall–Kier alpha value is -2.13. The first kappa shape index (κ1) is 16.3. The Labute approximate surface area is 156 Å². The van der Waals surface area contributed by atoms with Crippen LogP contribution >= 0.6 is 27.7 Å². The van der Waals surface area contributed by atoms with Crippen molar-refractivity contribution in [3.8, 4) is 22.9 Å². The molecule has 0 bridgehead atoms. The van der Waals surface area contributed by atoms with E-state index in [9.17, 15) is 0 Å². The molecule has 1 aliphatic heterocycles. The second-order valence-electron chi connectivity index (χ2n) is 5.44. The van der Waals surface area contributed by atoms with E-state index in [2.05, 4.69) is 26.1 Å². The van der Waals surface area contributed by atoms with E-state index >= 15 is 0 Å². The molecule has 0 saturated heterocycles. The Morgan fingerprint density at radius 2 is 2.00 bits per heavy atom. The highest BCUT2D eigenvalue weighted by Crippen LogP contribution is 2.37. The van der Waals surface area contributed by atoms with Gasteiger partial charge in [-0.05, 0) is 30.7 Å². The summed E-state index contributed by atoms with van der Waals surface area (Å²) < 4.78 is 19.0. The molecule has 3 heterocycles. The molecule has 9 heteroatoms. The third-order valence-corrected chi connectivity index (χ3v) is 5.56. The number of hydrogen-bond acceptors (Lipinski definition) is 7. The Kier molecular flexibility index (Phi) is 4.34. The van der Waals surface area contributed by atoms with Gasteiger partial charge < -0.3 is 19.7 Å². The quantitative estimate of drug-likeness (QED) is 0.508. The van der Waals surface area contributed by atoms with Crippen molar-refractivity contribution in [1.82, 2.24) is 14.9 Å². The van der Waals surface area contributed by atoms with E-state index in [4.69, 9.17) is 19.7 Å². The number of nitrogens with two attached hydrogens (primary N) is 1. The molecule has 1 aromatic carbocycles. The Morgan fingerprint density at radius 1 is 1.24 bits per heavy atom. The summed E-state index contributed by atoms with van der Waals surface area (Å²) in [6, 6.07) is 5.73. The van der Waals surface area contributed by atoms with Gasteiger partial charge in [-0.15, -0.1) is 10.2 Å². The molecule has 4 rings (SSSR count). The van der Waals surface area contributed by atoms with Gasteiger partial charge in [-0.1, -0.05) is 27.7 Å². The van der Waals surface area contributed by atoms with E-state index < -0.39 is 0 Å². The molecule has 0 fully saturated rings. The maximum atomic E-state index is 6.15. The first-order valence-corrected chi connectivity index (χ1v) is 9.37. The first-order valence-electron chi connectivity index (χ1n) is 7.59. The minimum absolute atomic E-state index is 0.561. The van der Waals surface area contributed by atoms with Gasteiger partial charge in [0.15, 0.2) is 17.3 Å². The van der Waals surface area contributed by atoms with Crippen LogP contribution in [-0.4, -0.2) is 28.1 Å². The van der Waals surface area contributed by atoms with Crippen molar-refractivity contribution in [2.45, 2.75) is 17.8 Å². The molecule has 130 valence electrons. The largest absolute Gasteiger partial charge is 0.486 e. The first-order chi connectivity index (χ1) is 12.1. The van der Waals surface area contributed by atoms with Gasteiger partial charge in [0.2, 0.25) is 5.16 Å². The molecular formula is C16H15BrN4O3S. The van der Waals surface area contributed by atoms with Crippen LogP contribution in [0.4, 0.5) is 0 Å². The Balaban J connectivity index is 1.54. The topological polar surface area (TPSA) is 88.3 Å². The fraction of sp³-hybridized carbons (Fsp3) is 0.250. The monoisotopic (exact) mass is 422 g/mol. The summed E-state index contributed by atoms with van der Waals surface area (Å²) in [5.41, 5.74) is 1.90. The number of hydrogen-bond donors (Lipinski definition) is 1. The van der Waals surface area contributed by atoms with Crippen LogP contribution in [0.1, 0.15) is 11.3 Å². The normalized spacial score (nSPS) is 13.2. The summed E-state index contributed by atoms with van der Waals surface area (Å²) in [6.07, 6.45) is 1.61. The van der Waals surface area contributed by atoms with Crippen LogP contribution in [0.3, 0.4) is 0 Å². The lowest BCUT2D eigenvalue weighted by atomic mass is 10.2. The molecule has 1 aliphatic rings. The van der Waals surface area contributed by atoms with Crippen LogP contribution in [-0.2, 0) is 5.75 Å². The van der Waals surface area contributed by atoms with Crippen LogP contribution in [0.2, 0.25) is 0 Å². The average Bonchev–Trinajstić information content (AvgIpc) is 3.18. The van der Waals surface area contributed by atoms with Gasteiger partial charge in [-0.3, -0.25) is 0 Å². The van der Waals surface area contributed by atoms with Crippen molar-refractivity contribution in [3.63, 3.8) is 0 Å². The summed E-state index contributed by atoms with van der Waals surface area (Å²) >= 11 is 5.07. The van der Waals surface area contributed by atoms with Crippen molar-refractivity contribution in [1.29, 1.82) is 0 Å². The lowest BCUT2D eigenvalue weighted by Gasteiger charge is -2.19. The molecule has 2 N–H and O–H groups in total. The van der Waals surface area contributed by atoms with Crippen LogP contribution in [0.25, 0.3) is 11.4 Å². The number of aromatic nitrogens is 3. The van der Waals surface area contributed by atoms with Gasteiger partial charge in [0.1, 0.15) is 19.0 Å². The van der Waals surface area contributed by atoms with Crippen LogP contribution in [0, 0.1) is 6.92 Å². The molecule has 25 heavy (non-hydrogen) atoms. The fourth-order valence-electron chi connectivity index (χ4n) is 2.54. The lowest BCUT2D eigenvalue weighted by molar-refractivity contribution is 0.171. The van der Waals surface area contributed by atoms with Gasteiger partial charge in [0, 0.05) is 10.2 Å². The van der Waals surface area contributed by atoms with Gasteiger partial charge in [-0.2, -0.15) is 0 Å². The summed E-state index contributed by atoms with van der Waals surface area (Å²) in [6.45, 7) is 2.99. The maximum Gasteiger partial charge on any atom is 0.210 e. The summed E-state index contributed by atoms with van der Waals surface area (Å²) in [7, 11) is 0. The van der Waals surface area contributed by atoms with E-state index in [-0.39, 0.29) is 0 Å². The van der Waals surface area contributed by atoms with Crippen LogP contribution in [0.15, 0.2) is 38.5 Å². The SMILES string of the molecule is Cc1occc1-c1nnc(SCc2cc3c(cc2Br)OCCO3)n1N. The Bertz CT molecular complexity index is 924. The van der Waals surface area contributed by atoms with E-state index in [1.165, 1.54) is 16.4 Å². The van der Waals surface area contributed by atoms with E-state index in [1.54, 1.807) is 6.26 Å². The number of nitrogens with zero attached hydrogens (tertiary/aromatic N) is 3. The molecule has 0 radical (unpaired) electrons. The molecule has 7 nitrogen and oxygen atoms in total. The van der Waals surface area contributed by atoms with E-state index in [0.29, 0.717) is 29.9 Å². The molecular weight excluding hydrogens is 408 g/mol. The standard InChI is InChI=1S/C16H15BrN4O3S/c1-9-11(2-3-22-9)15-19-20-16(21(15)18)25-8-10-6-13-14(7-12(10)17)24-5-4-23-13/h2-3,6-7H,4-5,8,18H2,1H3. The summed E-state index contributed by atoms with van der Waals surface area (Å²) in [4.78, 5) is 0.